The van der Waals surface area contributed by atoms with Crippen LogP contribution in [0.5, 0.6) is 5.88 Å². The maximum absolute atomic E-state index is 13.0. The first-order valence-electron chi connectivity index (χ1n) is 9.44. The van der Waals surface area contributed by atoms with Crippen LogP contribution in [0, 0.1) is 0 Å². The molecule has 1 atom stereocenters. The number of ether oxygens (including phenoxy) is 1. The smallest absolute Gasteiger partial charge is 0.259 e. The predicted molar refractivity (Wildman–Crippen MR) is 104 cm³/mol. The van der Waals surface area contributed by atoms with E-state index in [9.17, 15) is 4.79 Å². The van der Waals surface area contributed by atoms with Crippen molar-refractivity contribution in [2.75, 3.05) is 20.2 Å². The maximum Gasteiger partial charge on any atom is 0.259 e. The highest BCUT2D eigenvalue weighted by Gasteiger charge is 2.29. The number of hydrogen-bond acceptors (Lipinski definition) is 5. The lowest BCUT2D eigenvalue weighted by Gasteiger charge is -2.33. The van der Waals surface area contributed by atoms with Crippen molar-refractivity contribution in [3.63, 3.8) is 0 Å². The standard InChI is InChI=1S/C21H23N5O2/c1-28-20-18(7-3-9-24-20)21(27)26-11-4-6-17(15-26)19-23-10-12-25(19)14-16-5-2-8-22-13-16/h2-3,5,7-10,12-13,17H,4,6,11,14-15H2,1H3/t17-/m0/s1. The lowest BCUT2D eigenvalue weighted by atomic mass is 9.96. The fraction of sp³-hybridized carbons (Fsp3) is 0.333. The number of pyridine rings is 2. The van der Waals surface area contributed by atoms with Gasteiger partial charge in [-0.2, -0.15) is 0 Å². The van der Waals surface area contributed by atoms with Gasteiger partial charge in [-0.15, -0.1) is 0 Å². The molecule has 4 heterocycles. The van der Waals surface area contributed by atoms with Crippen molar-refractivity contribution in [3.05, 3.63) is 72.2 Å². The summed E-state index contributed by atoms with van der Waals surface area (Å²) in [6.07, 6.45) is 11.1. The van der Waals surface area contributed by atoms with Gasteiger partial charge in [0.05, 0.1) is 13.7 Å². The summed E-state index contributed by atoms with van der Waals surface area (Å²) in [6, 6.07) is 7.52. The number of likely N-dealkylation sites (tertiary alicyclic amines) is 1. The van der Waals surface area contributed by atoms with E-state index < -0.39 is 0 Å². The van der Waals surface area contributed by atoms with E-state index in [1.807, 2.05) is 29.6 Å². The number of carbonyl (C=O) groups excluding carboxylic acids is 1. The van der Waals surface area contributed by atoms with Crippen LogP contribution in [0.4, 0.5) is 0 Å². The first-order chi connectivity index (χ1) is 13.8. The Kier molecular flexibility index (Phi) is 5.32. The van der Waals surface area contributed by atoms with Crippen LogP contribution < -0.4 is 4.74 Å². The van der Waals surface area contributed by atoms with E-state index in [-0.39, 0.29) is 11.8 Å². The lowest BCUT2D eigenvalue weighted by Crippen LogP contribution is -2.40. The largest absolute Gasteiger partial charge is 0.480 e. The monoisotopic (exact) mass is 377 g/mol. The molecular weight excluding hydrogens is 354 g/mol. The minimum Gasteiger partial charge on any atom is -0.480 e. The van der Waals surface area contributed by atoms with E-state index in [1.54, 1.807) is 24.5 Å². The Bertz CT molecular complexity index is 941. The van der Waals surface area contributed by atoms with E-state index in [1.165, 1.54) is 7.11 Å². The highest BCUT2D eigenvalue weighted by molar-refractivity contribution is 5.96. The molecule has 1 aliphatic heterocycles. The van der Waals surface area contributed by atoms with E-state index in [0.717, 1.165) is 37.3 Å². The molecule has 1 amide bonds. The molecule has 0 N–H and O–H groups in total. The molecule has 3 aromatic rings. The summed E-state index contributed by atoms with van der Waals surface area (Å²) >= 11 is 0. The lowest BCUT2D eigenvalue weighted by molar-refractivity contribution is 0.0699. The summed E-state index contributed by atoms with van der Waals surface area (Å²) in [5.74, 6) is 1.54. The van der Waals surface area contributed by atoms with Crippen molar-refractivity contribution in [1.29, 1.82) is 0 Å². The van der Waals surface area contributed by atoms with Crippen molar-refractivity contribution in [2.45, 2.75) is 25.3 Å². The molecule has 28 heavy (non-hydrogen) atoms. The molecule has 7 nitrogen and oxygen atoms in total. The average molecular weight is 377 g/mol. The summed E-state index contributed by atoms with van der Waals surface area (Å²) in [5, 5.41) is 0. The average Bonchev–Trinajstić information content (AvgIpc) is 3.22. The summed E-state index contributed by atoms with van der Waals surface area (Å²) in [4.78, 5) is 27.9. The van der Waals surface area contributed by atoms with Crippen molar-refractivity contribution in [1.82, 2.24) is 24.4 Å². The molecule has 0 aliphatic carbocycles. The molecule has 0 bridgehead atoms. The fourth-order valence-corrected chi connectivity index (χ4v) is 3.76. The Balaban J connectivity index is 1.52. The third kappa shape index (κ3) is 3.74. The number of aromatic nitrogens is 4. The van der Waals surface area contributed by atoms with Gasteiger partial charge in [-0.1, -0.05) is 6.07 Å². The van der Waals surface area contributed by atoms with Gasteiger partial charge >= 0.3 is 0 Å². The van der Waals surface area contributed by atoms with Crippen LogP contribution in [0.15, 0.2) is 55.2 Å². The summed E-state index contributed by atoms with van der Waals surface area (Å²) in [6.45, 7) is 2.10. The SMILES string of the molecule is COc1ncccc1C(=O)N1CCC[C@H](c2nccn2Cc2cccnc2)C1. The first-order valence-corrected chi connectivity index (χ1v) is 9.44. The van der Waals surface area contributed by atoms with E-state index in [4.69, 9.17) is 4.74 Å². The number of piperidine rings is 1. The number of nitrogens with zero attached hydrogens (tertiary/aromatic N) is 5. The molecule has 0 spiro atoms. The zero-order valence-corrected chi connectivity index (χ0v) is 15.9. The number of hydrogen-bond donors (Lipinski definition) is 0. The van der Waals surface area contributed by atoms with Crippen LogP contribution >= 0.6 is 0 Å². The molecule has 1 saturated heterocycles. The molecule has 0 radical (unpaired) electrons. The van der Waals surface area contributed by atoms with Crippen LogP contribution in [0.25, 0.3) is 0 Å². The Morgan fingerprint density at radius 3 is 2.93 bits per heavy atom. The quantitative estimate of drug-likeness (QED) is 0.684. The second-order valence-corrected chi connectivity index (χ2v) is 6.93. The topological polar surface area (TPSA) is 73.1 Å². The molecule has 0 aromatic carbocycles. The summed E-state index contributed by atoms with van der Waals surface area (Å²) in [7, 11) is 1.54. The number of rotatable bonds is 5. The van der Waals surface area contributed by atoms with Crippen molar-refractivity contribution < 1.29 is 9.53 Å². The molecule has 1 aliphatic rings. The molecule has 0 unspecified atom stereocenters. The minimum atomic E-state index is -0.0417. The maximum atomic E-state index is 13.0. The van der Waals surface area contributed by atoms with Gasteiger partial charge in [0.25, 0.3) is 5.91 Å². The zero-order chi connectivity index (χ0) is 19.3. The number of amides is 1. The van der Waals surface area contributed by atoms with Crippen LogP contribution in [-0.2, 0) is 6.54 Å². The summed E-state index contributed by atoms with van der Waals surface area (Å²) in [5.41, 5.74) is 1.63. The second kappa shape index (κ2) is 8.21. The van der Waals surface area contributed by atoms with Gasteiger partial charge < -0.3 is 14.2 Å². The fourth-order valence-electron chi connectivity index (χ4n) is 3.76. The van der Waals surface area contributed by atoms with Gasteiger partial charge in [0.15, 0.2) is 0 Å². The molecule has 1 fully saturated rings. The third-order valence-corrected chi connectivity index (χ3v) is 5.09. The number of imidazole rings is 1. The van der Waals surface area contributed by atoms with Gasteiger partial charge in [0, 0.05) is 50.0 Å². The van der Waals surface area contributed by atoms with Gasteiger partial charge in [-0.3, -0.25) is 9.78 Å². The highest BCUT2D eigenvalue weighted by Crippen LogP contribution is 2.28. The third-order valence-electron chi connectivity index (χ3n) is 5.09. The Labute approximate surface area is 164 Å². The highest BCUT2D eigenvalue weighted by atomic mass is 16.5. The molecule has 7 heteroatoms. The minimum absolute atomic E-state index is 0.0417. The second-order valence-electron chi connectivity index (χ2n) is 6.93. The molecule has 3 aromatic heterocycles. The van der Waals surface area contributed by atoms with Crippen molar-refractivity contribution >= 4 is 5.91 Å². The number of methoxy groups -OCH3 is 1. The normalized spacial score (nSPS) is 16.8. The van der Waals surface area contributed by atoms with Crippen LogP contribution in [-0.4, -0.2) is 50.5 Å². The van der Waals surface area contributed by atoms with Crippen LogP contribution in [0.2, 0.25) is 0 Å². The molecule has 144 valence electrons. The molecule has 0 saturated carbocycles. The summed E-state index contributed by atoms with van der Waals surface area (Å²) < 4.78 is 7.41. The van der Waals surface area contributed by atoms with Crippen molar-refractivity contribution in [3.8, 4) is 5.88 Å². The van der Waals surface area contributed by atoms with Gasteiger partial charge in [0.2, 0.25) is 5.88 Å². The van der Waals surface area contributed by atoms with E-state index in [0.29, 0.717) is 18.0 Å². The van der Waals surface area contributed by atoms with Gasteiger partial charge in [-0.25, -0.2) is 9.97 Å². The molecular formula is C21H23N5O2. The zero-order valence-electron chi connectivity index (χ0n) is 15.9. The van der Waals surface area contributed by atoms with Crippen molar-refractivity contribution in [2.24, 2.45) is 0 Å². The van der Waals surface area contributed by atoms with E-state index >= 15 is 0 Å². The predicted octanol–water partition coefficient (Wildman–Crippen LogP) is 2.75. The van der Waals surface area contributed by atoms with E-state index in [2.05, 4.69) is 25.6 Å². The Morgan fingerprint density at radius 2 is 2.11 bits per heavy atom. The Morgan fingerprint density at radius 1 is 1.21 bits per heavy atom. The van der Waals surface area contributed by atoms with Gasteiger partial charge in [-0.05, 0) is 36.6 Å². The van der Waals surface area contributed by atoms with Crippen LogP contribution in [0.1, 0.15) is 40.5 Å². The molecule has 4 rings (SSSR count). The first kappa shape index (κ1) is 18.2. The van der Waals surface area contributed by atoms with Crippen LogP contribution in [0.3, 0.4) is 0 Å². The Hall–Kier alpha value is -3.22. The number of carbonyl (C=O) groups is 1. The van der Waals surface area contributed by atoms with Gasteiger partial charge in [0.1, 0.15) is 11.4 Å².